The number of nitrogens with zero attached hydrogens (tertiary/aromatic N) is 1. The molecule has 22 heavy (non-hydrogen) atoms. The van der Waals surface area contributed by atoms with Crippen molar-refractivity contribution in [1.29, 1.82) is 0 Å². The maximum Gasteiger partial charge on any atom is 0.323 e. The highest BCUT2D eigenvalue weighted by atomic mass is 35.5. The summed E-state index contributed by atoms with van der Waals surface area (Å²) < 4.78 is 12.9. The van der Waals surface area contributed by atoms with Crippen LogP contribution in [-0.4, -0.2) is 23.2 Å². The van der Waals surface area contributed by atoms with Gasteiger partial charge in [0, 0.05) is 28.6 Å². The standard InChI is InChI=1S/C16H14ClFN2OS/c17-14-4-2-1-3-13(14)15-20(9-10-22-15)16(21)19-12-7-5-11(18)6-8-12/h1-8,15H,9-10H2,(H,19,21). The smallest absolute Gasteiger partial charge is 0.308 e. The van der Waals surface area contributed by atoms with Crippen molar-refractivity contribution in [2.24, 2.45) is 0 Å². The Labute approximate surface area is 137 Å². The molecule has 1 N–H and O–H groups in total. The normalized spacial score (nSPS) is 17.5. The van der Waals surface area contributed by atoms with E-state index in [2.05, 4.69) is 5.32 Å². The SMILES string of the molecule is O=C(Nc1ccc(F)cc1)N1CCSC1c1ccccc1Cl. The molecular formula is C16H14ClFN2OS. The number of nitrogens with one attached hydrogen (secondary N) is 1. The third-order valence-electron chi connectivity index (χ3n) is 3.42. The van der Waals surface area contributed by atoms with E-state index in [1.165, 1.54) is 12.1 Å². The Balaban J connectivity index is 1.76. The molecule has 3 rings (SSSR count). The summed E-state index contributed by atoms with van der Waals surface area (Å²) in [6.45, 7) is 0.646. The molecule has 1 unspecified atom stereocenters. The number of thioether (sulfide) groups is 1. The van der Waals surface area contributed by atoms with E-state index in [1.807, 2.05) is 24.3 Å². The van der Waals surface area contributed by atoms with Crippen LogP contribution in [0.1, 0.15) is 10.9 Å². The van der Waals surface area contributed by atoms with Crippen LogP contribution < -0.4 is 5.32 Å². The molecule has 114 valence electrons. The summed E-state index contributed by atoms with van der Waals surface area (Å²) in [7, 11) is 0. The molecule has 2 aromatic rings. The van der Waals surface area contributed by atoms with Gasteiger partial charge in [-0.15, -0.1) is 11.8 Å². The predicted molar refractivity (Wildman–Crippen MR) is 88.8 cm³/mol. The first kappa shape index (κ1) is 15.2. The second-order valence-electron chi connectivity index (χ2n) is 4.88. The monoisotopic (exact) mass is 336 g/mol. The molecule has 1 aliphatic heterocycles. The van der Waals surface area contributed by atoms with Crippen LogP contribution in [-0.2, 0) is 0 Å². The maximum absolute atomic E-state index is 12.9. The van der Waals surface area contributed by atoms with Crippen molar-refractivity contribution in [1.82, 2.24) is 4.90 Å². The third kappa shape index (κ3) is 3.20. The van der Waals surface area contributed by atoms with Crippen molar-refractivity contribution in [3.63, 3.8) is 0 Å². The number of hydrogen-bond donors (Lipinski definition) is 1. The van der Waals surface area contributed by atoms with Crippen LogP contribution in [0.2, 0.25) is 5.02 Å². The van der Waals surface area contributed by atoms with E-state index in [4.69, 9.17) is 11.6 Å². The molecule has 1 saturated heterocycles. The van der Waals surface area contributed by atoms with E-state index in [-0.39, 0.29) is 17.2 Å². The van der Waals surface area contributed by atoms with Gasteiger partial charge >= 0.3 is 6.03 Å². The molecule has 2 aromatic carbocycles. The minimum atomic E-state index is -0.330. The van der Waals surface area contributed by atoms with Crippen LogP contribution in [0.25, 0.3) is 0 Å². The quantitative estimate of drug-likeness (QED) is 0.857. The predicted octanol–water partition coefficient (Wildman–Crippen LogP) is 4.76. The van der Waals surface area contributed by atoms with E-state index < -0.39 is 0 Å². The summed E-state index contributed by atoms with van der Waals surface area (Å²) in [5.41, 5.74) is 1.50. The van der Waals surface area contributed by atoms with Crippen molar-refractivity contribution in [2.75, 3.05) is 17.6 Å². The number of halogens is 2. The summed E-state index contributed by atoms with van der Waals surface area (Å²) in [5, 5.41) is 3.35. The van der Waals surface area contributed by atoms with Crippen molar-refractivity contribution in [3.8, 4) is 0 Å². The highest BCUT2D eigenvalue weighted by molar-refractivity contribution is 7.99. The van der Waals surface area contributed by atoms with Crippen molar-refractivity contribution in [3.05, 3.63) is 64.9 Å². The molecule has 0 saturated carbocycles. The maximum atomic E-state index is 12.9. The van der Waals surface area contributed by atoms with Crippen LogP contribution in [0, 0.1) is 5.82 Å². The van der Waals surface area contributed by atoms with Gasteiger partial charge in [0.25, 0.3) is 0 Å². The van der Waals surface area contributed by atoms with E-state index in [9.17, 15) is 9.18 Å². The second kappa shape index (κ2) is 6.58. The molecule has 6 heteroatoms. The van der Waals surface area contributed by atoms with Crippen molar-refractivity contribution < 1.29 is 9.18 Å². The molecule has 1 aliphatic rings. The minimum Gasteiger partial charge on any atom is -0.308 e. The number of carbonyl (C=O) groups is 1. The first-order valence-electron chi connectivity index (χ1n) is 6.84. The Hall–Kier alpha value is -1.72. The summed E-state index contributed by atoms with van der Waals surface area (Å²) in [6, 6.07) is 13.1. The lowest BCUT2D eigenvalue weighted by molar-refractivity contribution is 0.214. The van der Waals surface area contributed by atoms with E-state index in [0.717, 1.165) is 11.3 Å². The number of rotatable bonds is 2. The van der Waals surface area contributed by atoms with Gasteiger partial charge in [-0.1, -0.05) is 29.8 Å². The number of carbonyl (C=O) groups excluding carboxylic acids is 1. The van der Waals surface area contributed by atoms with Gasteiger partial charge in [0.05, 0.1) is 0 Å². The molecule has 0 radical (unpaired) electrons. The Morgan fingerprint density at radius 1 is 1.23 bits per heavy atom. The molecule has 1 atom stereocenters. The van der Waals surface area contributed by atoms with Gasteiger partial charge in [0.2, 0.25) is 0 Å². The first-order valence-corrected chi connectivity index (χ1v) is 8.27. The topological polar surface area (TPSA) is 32.3 Å². The van der Waals surface area contributed by atoms with Gasteiger partial charge in [-0.05, 0) is 30.3 Å². The van der Waals surface area contributed by atoms with Crippen LogP contribution in [0.5, 0.6) is 0 Å². The Morgan fingerprint density at radius 2 is 1.95 bits per heavy atom. The Kier molecular flexibility index (Phi) is 4.55. The molecule has 3 nitrogen and oxygen atoms in total. The summed E-state index contributed by atoms with van der Waals surface area (Å²) in [4.78, 5) is 14.2. The van der Waals surface area contributed by atoms with Crippen molar-refractivity contribution >= 4 is 35.1 Å². The molecule has 1 heterocycles. The lowest BCUT2D eigenvalue weighted by atomic mass is 10.2. The molecule has 2 amide bonds. The Morgan fingerprint density at radius 3 is 2.68 bits per heavy atom. The highest BCUT2D eigenvalue weighted by Crippen LogP contribution is 2.40. The van der Waals surface area contributed by atoms with Crippen LogP contribution >= 0.6 is 23.4 Å². The molecule has 1 fully saturated rings. The lowest BCUT2D eigenvalue weighted by Crippen LogP contribution is -2.34. The molecule has 0 aromatic heterocycles. The van der Waals surface area contributed by atoms with Crippen LogP contribution in [0.4, 0.5) is 14.9 Å². The number of anilines is 1. The van der Waals surface area contributed by atoms with Crippen LogP contribution in [0.3, 0.4) is 0 Å². The van der Waals surface area contributed by atoms with E-state index in [1.54, 1.807) is 28.8 Å². The molecular weight excluding hydrogens is 323 g/mol. The summed E-state index contributed by atoms with van der Waals surface area (Å²) in [5.74, 6) is 0.524. The van der Waals surface area contributed by atoms with E-state index in [0.29, 0.717) is 17.3 Å². The fraction of sp³-hybridized carbons (Fsp3) is 0.188. The molecule has 0 spiro atoms. The third-order valence-corrected chi connectivity index (χ3v) is 5.01. The Bertz CT molecular complexity index is 680. The number of hydrogen-bond acceptors (Lipinski definition) is 2. The zero-order valence-electron chi connectivity index (χ0n) is 11.6. The van der Waals surface area contributed by atoms with Gasteiger partial charge in [-0.25, -0.2) is 9.18 Å². The minimum absolute atomic E-state index is 0.103. The van der Waals surface area contributed by atoms with Gasteiger partial charge in [-0.3, -0.25) is 0 Å². The van der Waals surface area contributed by atoms with Gasteiger partial charge < -0.3 is 10.2 Å². The fourth-order valence-electron chi connectivity index (χ4n) is 2.34. The highest BCUT2D eigenvalue weighted by Gasteiger charge is 2.31. The second-order valence-corrected chi connectivity index (χ2v) is 6.47. The zero-order chi connectivity index (χ0) is 15.5. The van der Waals surface area contributed by atoms with Gasteiger partial charge in [0.1, 0.15) is 11.2 Å². The van der Waals surface area contributed by atoms with E-state index >= 15 is 0 Å². The lowest BCUT2D eigenvalue weighted by Gasteiger charge is -2.25. The number of amides is 2. The van der Waals surface area contributed by atoms with Gasteiger partial charge in [-0.2, -0.15) is 0 Å². The first-order chi connectivity index (χ1) is 10.6. The van der Waals surface area contributed by atoms with Crippen LogP contribution in [0.15, 0.2) is 48.5 Å². The average molecular weight is 337 g/mol. The summed E-state index contributed by atoms with van der Waals surface area (Å²) >= 11 is 7.92. The van der Waals surface area contributed by atoms with Gasteiger partial charge in [0.15, 0.2) is 0 Å². The average Bonchev–Trinajstić information content (AvgIpc) is 2.99. The molecule has 0 aliphatic carbocycles. The number of urea groups is 1. The largest absolute Gasteiger partial charge is 0.323 e. The fourth-order valence-corrected chi connectivity index (χ4v) is 3.93. The number of benzene rings is 2. The summed E-state index contributed by atoms with van der Waals surface area (Å²) in [6.07, 6.45) is 0. The molecule has 0 bridgehead atoms. The van der Waals surface area contributed by atoms with Crippen molar-refractivity contribution in [2.45, 2.75) is 5.37 Å². The zero-order valence-corrected chi connectivity index (χ0v) is 13.2.